The number of hydrogen-bond donors (Lipinski definition) is 1. The summed E-state index contributed by atoms with van der Waals surface area (Å²) in [6.07, 6.45) is 3.46. The number of amides is 1. The molecule has 2 aromatic heterocycles. The molecule has 3 aromatic rings. The zero-order valence-electron chi connectivity index (χ0n) is 14.4. The summed E-state index contributed by atoms with van der Waals surface area (Å²) in [6.45, 7) is 2.83. The van der Waals surface area contributed by atoms with Crippen molar-refractivity contribution in [2.24, 2.45) is 0 Å². The Morgan fingerprint density at radius 1 is 1.35 bits per heavy atom. The molecule has 1 aromatic carbocycles. The Morgan fingerprint density at radius 2 is 2.15 bits per heavy atom. The van der Waals surface area contributed by atoms with Crippen LogP contribution in [-0.4, -0.2) is 25.6 Å². The fourth-order valence-corrected chi connectivity index (χ4v) is 2.79. The van der Waals surface area contributed by atoms with Gasteiger partial charge in [0, 0.05) is 30.6 Å². The van der Waals surface area contributed by atoms with Crippen LogP contribution in [0.25, 0.3) is 10.9 Å². The van der Waals surface area contributed by atoms with Crippen LogP contribution in [0.15, 0.2) is 42.7 Å². The Balaban J connectivity index is 1.52. The fourth-order valence-electron chi connectivity index (χ4n) is 2.79. The molecule has 8 heteroatoms. The molecule has 0 aliphatic heterocycles. The van der Waals surface area contributed by atoms with Gasteiger partial charge in [0.2, 0.25) is 5.91 Å². The van der Waals surface area contributed by atoms with E-state index in [1.54, 1.807) is 0 Å². The first-order valence-electron chi connectivity index (χ1n) is 8.32. The van der Waals surface area contributed by atoms with Crippen molar-refractivity contribution >= 4 is 22.5 Å². The number of fused-ring (bicyclic) bond motifs is 1. The molecule has 2 heterocycles. The predicted octanol–water partition coefficient (Wildman–Crippen LogP) is 2.74. The van der Waals surface area contributed by atoms with Gasteiger partial charge >= 0.3 is 5.69 Å². The van der Waals surface area contributed by atoms with Gasteiger partial charge in [-0.25, -0.2) is 0 Å². The maximum absolute atomic E-state index is 12.1. The third-order valence-electron chi connectivity index (χ3n) is 4.03. The van der Waals surface area contributed by atoms with E-state index in [0.29, 0.717) is 25.9 Å². The van der Waals surface area contributed by atoms with E-state index >= 15 is 0 Å². The summed E-state index contributed by atoms with van der Waals surface area (Å²) in [5.41, 5.74) is 2.81. The monoisotopic (exact) mass is 353 g/mol. The molecule has 0 atom stereocenters. The van der Waals surface area contributed by atoms with Gasteiger partial charge < -0.3 is 5.32 Å². The van der Waals surface area contributed by atoms with E-state index in [1.165, 1.54) is 17.1 Å². The highest BCUT2D eigenvalue weighted by molar-refractivity contribution is 5.83. The number of nitrogens with one attached hydrogen (secondary N) is 1. The standard InChI is InChI=1S/C18H19N5O3/c1-13-9-14(16-5-2-3-6-17(16)21-13)10-19-18(24)7-4-8-22-12-15(11-20-22)23(25)26/h2-3,5-6,9,11-12H,4,7-8,10H2,1H3,(H,19,24). The second-order valence-electron chi connectivity index (χ2n) is 6.04. The van der Waals surface area contributed by atoms with Crippen molar-refractivity contribution in [2.75, 3.05) is 0 Å². The van der Waals surface area contributed by atoms with Crippen LogP contribution in [0.1, 0.15) is 24.1 Å². The van der Waals surface area contributed by atoms with E-state index in [2.05, 4.69) is 15.4 Å². The summed E-state index contributed by atoms with van der Waals surface area (Å²) in [7, 11) is 0. The second-order valence-corrected chi connectivity index (χ2v) is 6.04. The minimum atomic E-state index is -0.489. The highest BCUT2D eigenvalue weighted by Crippen LogP contribution is 2.18. The average molecular weight is 353 g/mol. The number of benzene rings is 1. The van der Waals surface area contributed by atoms with Crippen LogP contribution < -0.4 is 5.32 Å². The molecule has 0 fully saturated rings. The Hall–Kier alpha value is -3.29. The fraction of sp³-hybridized carbons (Fsp3) is 0.278. The van der Waals surface area contributed by atoms with Crippen molar-refractivity contribution in [1.29, 1.82) is 0 Å². The molecular formula is C18H19N5O3. The van der Waals surface area contributed by atoms with Crippen molar-refractivity contribution in [3.8, 4) is 0 Å². The molecule has 0 aliphatic rings. The maximum atomic E-state index is 12.1. The van der Waals surface area contributed by atoms with E-state index in [0.717, 1.165) is 22.2 Å². The summed E-state index contributed by atoms with van der Waals surface area (Å²) < 4.78 is 1.48. The van der Waals surface area contributed by atoms with E-state index < -0.39 is 4.92 Å². The number of pyridine rings is 1. The summed E-state index contributed by atoms with van der Waals surface area (Å²) in [5.74, 6) is -0.0646. The Labute approximate surface area is 150 Å². The lowest BCUT2D eigenvalue weighted by Crippen LogP contribution is -2.23. The predicted molar refractivity (Wildman–Crippen MR) is 96.4 cm³/mol. The molecule has 0 saturated carbocycles. The molecule has 26 heavy (non-hydrogen) atoms. The number of hydrogen-bond acceptors (Lipinski definition) is 5. The summed E-state index contributed by atoms with van der Waals surface area (Å²) >= 11 is 0. The molecule has 0 radical (unpaired) electrons. The summed E-state index contributed by atoms with van der Waals surface area (Å²) in [4.78, 5) is 26.7. The largest absolute Gasteiger partial charge is 0.352 e. The van der Waals surface area contributed by atoms with Gasteiger partial charge in [-0.1, -0.05) is 18.2 Å². The molecule has 0 bridgehead atoms. The van der Waals surface area contributed by atoms with Crippen LogP contribution in [0.3, 0.4) is 0 Å². The van der Waals surface area contributed by atoms with E-state index in [1.807, 2.05) is 37.3 Å². The van der Waals surface area contributed by atoms with Gasteiger partial charge in [-0.3, -0.25) is 24.6 Å². The van der Waals surface area contributed by atoms with E-state index in [-0.39, 0.29) is 11.6 Å². The van der Waals surface area contributed by atoms with E-state index in [4.69, 9.17) is 0 Å². The number of nitro groups is 1. The first kappa shape index (κ1) is 17.5. The second kappa shape index (κ2) is 7.73. The maximum Gasteiger partial charge on any atom is 0.306 e. The van der Waals surface area contributed by atoms with Crippen molar-refractivity contribution in [2.45, 2.75) is 32.9 Å². The van der Waals surface area contributed by atoms with Crippen molar-refractivity contribution in [3.63, 3.8) is 0 Å². The third kappa shape index (κ3) is 4.21. The van der Waals surface area contributed by atoms with Gasteiger partial charge in [0.05, 0.1) is 10.4 Å². The first-order chi connectivity index (χ1) is 12.5. The lowest BCUT2D eigenvalue weighted by molar-refractivity contribution is -0.385. The lowest BCUT2D eigenvalue weighted by atomic mass is 10.1. The first-order valence-corrected chi connectivity index (χ1v) is 8.32. The SMILES string of the molecule is Cc1cc(CNC(=O)CCCn2cc([N+](=O)[O-])cn2)c2ccccc2n1. The van der Waals surface area contributed by atoms with Gasteiger partial charge in [0.25, 0.3) is 0 Å². The zero-order chi connectivity index (χ0) is 18.5. The average Bonchev–Trinajstić information content (AvgIpc) is 3.09. The summed E-state index contributed by atoms with van der Waals surface area (Å²) in [5, 5.41) is 18.5. The Morgan fingerprint density at radius 3 is 2.92 bits per heavy atom. The van der Waals surface area contributed by atoms with Gasteiger partial charge in [0.1, 0.15) is 12.4 Å². The number of aryl methyl sites for hydroxylation is 2. The van der Waals surface area contributed by atoms with Crippen LogP contribution in [0.4, 0.5) is 5.69 Å². The highest BCUT2D eigenvalue weighted by atomic mass is 16.6. The molecular weight excluding hydrogens is 334 g/mol. The van der Waals surface area contributed by atoms with Crippen molar-refractivity contribution in [3.05, 3.63) is 64.1 Å². The zero-order valence-corrected chi connectivity index (χ0v) is 14.4. The van der Waals surface area contributed by atoms with Gasteiger partial charge in [-0.05, 0) is 31.0 Å². The molecule has 0 spiro atoms. The van der Waals surface area contributed by atoms with Gasteiger partial charge in [0.15, 0.2) is 0 Å². The van der Waals surface area contributed by atoms with Gasteiger partial charge in [-0.15, -0.1) is 0 Å². The number of carbonyl (C=O) groups excluding carboxylic acids is 1. The van der Waals surface area contributed by atoms with Gasteiger partial charge in [-0.2, -0.15) is 5.10 Å². The number of aromatic nitrogens is 3. The van der Waals surface area contributed by atoms with Crippen LogP contribution in [-0.2, 0) is 17.9 Å². The number of carbonyl (C=O) groups is 1. The molecule has 1 N–H and O–H groups in total. The highest BCUT2D eigenvalue weighted by Gasteiger charge is 2.09. The normalized spacial score (nSPS) is 10.8. The lowest BCUT2D eigenvalue weighted by Gasteiger charge is -2.09. The van der Waals surface area contributed by atoms with E-state index in [9.17, 15) is 14.9 Å². The number of rotatable bonds is 7. The molecule has 0 aliphatic carbocycles. The quantitative estimate of drug-likeness (QED) is 0.520. The molecule has 0 unspecified atom stereocenters. The molecule has 3 rings (SSSR count). The molecule has 0 saturated heterocycles. The number of para-hydroxylation sites is 1. The topological polar surface area (TPSA) is 103 Å². The Bertz CT molecular complexity index is 951. The van der Waals surface area contributed by atoms with Crippen LogP contribution in [0.5, 0.6) is 0 Å². The van der Waals surface area contributed by atoms with Crippen molar-refractivity contribution in [1.82, 2.24) is 20.1 Å². The Kier molecular flexibility index (Phi) is 5.21. The van der Waals surface area contributed by atoms with Crippen LogP contribution in [0.2, 0.25) is 0 Å². The minimum Gasteiger partial charge on any atom is -0.352 e. The minimum absolute atomic E-state index is 0.0469. The molecule has 8 nitrogen and oxygen atoms in total. The molecule has 1 amide bonds. The third-order valence-corrected chi connectivity index (χ3v) is 4.03. The number of nitrogens with zero attached hydrogens (tertiary/aromatic N) is 4. The summed E-state index contributed by atoms with van der Waals surface area (Å²) in [6, 6.07) is 9.82. The van der Waals surface area contributed by atoms with Crippen molar-refractivity contribution < 1.29 is 9.72 Å². The smallest absolute Gasteiger partial charge is 0.306 e. The van der Waals surface area contributed by atoms with Crippen LogP contribution in [0, 0.1) is 17.0 Å². The van der Waals surface area contributed by atoms with Crippen LogP contribution >= 0.6 is 0 Å². The molecule has 134 valence electrons.